The highest BCUT2D eigenvalue weighted by molar-refractivity contribution is 6.27. The summed E-state index contributed by atoms with van der Waals surface area (Å²) in [5, 5.41) is 12.1. The largest absolute Gasteiger partial charge is 0.455 e. The molecule has 12 aromatic rings. The van der Waals surface area contributed by atoms with Crippen LogP contribution in [-0.2, 0) is 0 Å². The standard InChI is InChI=1S/C56H34N2O/c1-3-14-36(15-4-1)51-34-52(58-56(57-51)38-16-5-2-6-17-38)37-28-26-35(27-29-37)40-24-13-25-53-54(40)50-33-48(45-22-11-12-23-47(45)55(50)59-53)39-30-31-46-43-20-8-7-18-41(43)42-19-9-10-21-44(42)49(46)32-39/h1-34H. The number of hydrogen-bond acceptors (Lipinski definition) is 3. The van der Waals surface area contributed by atoms with Gasteiger partial charge in [-0.15, -0.1) is 0 Å². The van der Waals surface area contributed by atoms with E-state index in [-0.39, 0.29) is 0 Å². The molecule has 0 saturated carbocycles. The van der Waals surface area contributed by atoms with Crippen molar-refractivity contribution < 1.29 is 4.42 Å². The van der Waals surface area contributed by atoms with Gasteiger partial charge in [0.05, 0.1) is 11.4 Å². The second-order valence-corrected chi connectivity index (χ2v) is 15.3. The molecule has 3 nitrogen and oxygen atoms in total. The van der Waals surface area contributed by atoms with Gasteiger partial charge >= 0.3 is 0 Å². The van der Waals surface area contributed by atoms with Gasteiger partial charge in [-0.1, -0.05) is 182 Å². The van der Waals surface area contributed by atoms with Crippen LogP contribution in [0.4, 0.5) is 0 Å². The number of furan rings is 1. The minimum absolute atomic E-state index is 0.705. The van der Waals surface area contributed by atoms with E-state index in [1.807, 2.05) is 36.4 Å². The maximum atomic E-state index is 6.78. The molecule has 3 heteroatoms. The van der Waals surface area contributed by atoms with Crippen molar-refractivity contribution in [2.45, 2.75) is 0 Å². The van der Waals surface area contributed by atoms with E-state index in [1.54, 1.807) is 0 Å². The Morgan fingerprint density at radius 3 is 1.46 bits per heavy atom. The van der Waals surface area contributed by atoms with E-state index in [0.29, 0.717) is 5.82 Å². The van der Waals surface area contributed by atoms with Crippen LogP contribution in [0.25, 0.3) is 121 Å². The fraction of sp³-hybridized carbons (Fsp3) is 0. The molecule has 0 saturated heterocycles. The zero-order valence-corrected chi connectivity index (χ0v) is 31.9. The Bertz CT molecular complexity index is 3500. The maximum Gasteiger partial charge on any atom is 0.160 e. The van der Waals surface area contributed by atoms with Crippen molar-refractivity contribution in [3.8, 4) is 56.2 Å². The van der Waals surface area contributed by atoms with Crippen LogP contribution < -0.4 is 0 Å². The van der Waals surface area contributed by atoms with Gasteiger partial charge in [0.15, 0.2) is 5.82 Å². The average Bonchev–Trinajstić information content (AvgIpc) is 3.71. The first-order valence-corrected chi connectivity index (χ1v) is 20.1. The molecule has 0 aliphatic heterocycles. The normalized spacial score (nSPS) is 11.7. The summed E-state index contributed by atoms with van der Waals surface area (Å²) in [7, 11) is 0. The zero-order chi connectivity index (χ0) is 38.9. The van der Waals surface area contributed by atoms with Crippen molar-refractivity contribution in [3.05, 3.63) is 206 Å². The molecule has 0 aliphatic rings. The van der Waals surface area contributed by atoms with E-state index in [4.69, 9.17) is 14.4 Å². The lowest BCUT2D eigenvalue weighted by Crippen LogP contribution is -1.95. The lowest BCUT2D eigenvalue weighted by atomic mass is 9.89. The molecule has 0 aliphatic carbocycles. The van der Waals surface area contributed by atoms with Crippen LogP contribution in [0.3, 0.4) is 0 Å². The molecule has 0 N–H and O–H groups in total. The van der Waals surface area contributed by atoms with Crippen molar-refractivity contribution in [3.63, 3.8) is 0 Å². The highest BCUT2D eigenvalue weighted by Crippen LogP contribution is 2.45. The summed E-state index contributed by atoms with van der Waals surface area (Å²) in [6.45, 7) is 0. The number of nitrogens with zero attached hydrogens (tertiary/aromatic N) is 2. The van der Waals surface area contributed by atoms with E-state index in [2.05, 4.69) is 170 Å². The third kappa shape index (κ3) is 5.44. The highest BCUT2D eigenvalue weighted by Gasteiger charge is 2.19. The van der Waals surface area contributed by atoms with Crippen molar-refractivity contribution in [1.82, 2.24) is 9.97 Å². The van der Waals surface area contributed by atoms with Crippen molar-refractivity contribution in [2.24, 2.45) is 0 Å². The van der Waals surface area contributed by atoms with Crippen LogP contribution in [0.15, 0.2) is 211 Å². The quantitative estimate of drug-likeness (QED) is 0.164. The minimum Gasteiger partial charge on any atom is -0.455 e. The lowest BCUT2D eigenvalue weighted by Gasteiger charge is -2.13. The van der Waals surface area contributed by atoms with Crippen molar-refractivity contribution >= 4 is 65.0 Å². The van der Waals surface area contributed by atoms with Gasteiger partial charge < -0.3 is 4.42 Å². The smallest absolute Gasteiger partial charge is 0.160 e. The topological polar surface area (TPSA) is 38.9 Å². The maximum absolute atomic E-state index is 6.78. The third-order valence-electron chi connectivity index (χ3n) is 11.9. The van der Waals surface area contributed by atoms with Gasteiger partial charge in [0.1, 0.15) is 11.2 Å². The molecule has 0 spiro atoms. The molecule has 0 radical (unpaired) electrons. The fourth-order valence-corrected chi connectivity index (χ4v) is 9.09. The molecule has 10 aromatic carbocycles. The summed E-state index contributed by atoms with van der Waals surface area (Å²) in [5.41, 5.74) is 11.2. The molecule has 2 aromatic heterocycles. The Balaban J connectivity index is 1.02. The van der Waals surface area contributed by atoms with Gasteiger partial charge in [-0.3, -0.25) is 0 Å². The Hall–Kier alpha value is -7.88. The van der Waals surface area contributed by atoms with Gasteiger partial charge in [0.25, 0.3) is 0 Å². The number of hydrogen-bond donors (Lipinski definition) is 0. The van der Waals surface area contributed by atoms with Crippen molar-refractivity contribution in [1.29, 1.82) is 0 Å². The molecular weight excluding hydrogens is 717 g/mol. The first-order valence-electron chi connectivity index (χ1n) is 20.1. The van der Waals surface area contributed by atoms with Gasteiger partial charge in [0.2, 0.25) is 0 Å². The summed E-state index contributed by atoms with van der Waals surface area (Å²) in [5.74, 6) is 0.705. The van der Waals surface area contributed by atoms with Crippen molar-refractivity contribution in [2.75, 3.05) is 0 Å². The molecule has 59 heavy (non-hydrogen) atoms. The molecule has 0 fully saturated rings. The molecule has 12 rings (SSSR count). The monoisotopic (exact) mass is 750 g/mol. The number of rotatable bonds is 5. The molecular formula is C56H34N2O. The minimum atomic E-state index is 0.705. The van der Waals surface area contributed by atoms with Crippen LogP contribution in [0.1, 0.15) is 0 Å². The van der Waals surface area contributed by atoms with Gasteiger partial charge in [-0.25, -0.2) is 9.97 Å². The molecule has 0 atom stereocenters. The summed E-state index contributed by atoms with van der Waals surface area (Å²) in [4.78, 5) is 10.1. The predicted octanol–water partition coefficient (Wildman–Crippen LogP) is 15.3. The van der Waals surface area contributed by atoms with Crippen LogP contribution >= 0.6 is 0 Å². The van der Waals surface area contributed by atoms with E-state index >= 15 is 0 Å². The van der Waals surface area contributed by atoms with E-state index in [9.17, 15) is 0 Å². The number of aromatic nitrogens is 2. The van der Waals surface area contributed by atoms with E-state index < -0.39 is 0 Å². The van der Waals surface area contributed by atoms with Gasteiger partial charge in [-0.05, 0) is 84.2 Å². The molecule has 0 amide bonds. The highest BCUT2D eigenvalue weighted by atomic mass is 16.3. The molecule has 0 unspecified atom stereocenters. The Morgan fingerprint density at radius 2 is 0.797 bits per heavy atom. The molecule has 274 valence electrons. The van der Waals surface area contributed by atoms with Gasteiger partial charge in [-0.2, -0.15) is 0 Å². The second-order valence-electron chi connectivity index (χ2n) is 15.3. The molecule has 0 bridgehead atoms. The van der Waals surface area contributed by atoms with Crippen LogP contribution in [0, 0.1) is 0 Å². The second kappa shape index (κ2) is 13.4. The third-order valence-corrected chi connectivity index (χ3v) is 11.9. The van der Waals surface area contributed by atoms with Crippen LogP contribution in [0.5, 0.6) is 0 Å². The Labute approximate surface area is 340 Å². The first-order chi connectivity index (χ1) is 29.2. The zero-order valence-electron chi connectivity index (χ0n) is 31.9. The first kappa shape index (κ1) is 33.3. The summed E-state index contributed by atoms with van der Waals surface area (Å²) in [6.07, 6.45) is 0. The summed E-state index contributed by atoms with van der Waals surface area (Å²) in [6, 6.07) is 73.3. The summed E-state index contributed by atoms with van der Waals surface area (Å²) >= 11 is 0. The van der Waals surface area contributed by atoms with E-state index in [1.165, 1.54) is 48.8 Å². The van der Waals surface area contributed by atoms with Crippen LogP contribution in [0.2, 0.25) is 0 Å². The SMILES string of the molecule is c1ccc(-c2cc(-c3ccc(-c4cccc5oc6c7ccccc7c(-c7ccc8c9ccccc9c9ccccc9c8c7)cc6c45)cc3)nc(-c3ccccc3)n2)cc1. The van der Waals surface area contributed by atoms with Gasteiger partial charge in [0, 0.05) is 32.8 Å². The van der Waals surface area contributed by atoms with Crippen LogP contribution in [-0.4, -0.2) is 9.97 Å². The summed E-state index contributed by atoms with van der Waals surface area (Å²) < 4.78 is 6.78. The number of fused-ring (bicyclic) bond motifs is 11. The average molecular weight is 751 g/mol. The fourth-order valence-electron chi connectivity index (χ4n) is 9.09. The van der Waals surface area contributed by atoms with E-state index in [0.717, 1.165) is 66.5 Å². The lowest BCUT2D eigenvalue weighted by molar-refractivity contribution is 0.673. The predicted molar refractivity (Wildman–Crippen MR) is 247 cm³/mol. The number of benzene rings is 10. The molecule has 2 heterocycles. The Kier molecular flexibility index (Phi) is 7.54. The Morgan fingerprint density at radius 1 is 0.288 bits per heavy atom.